The number of hydrogen-bond acceptors (Lipinski definition) is 4. The first-order valence-corrected chi connectivity index (χ1v) is 8.42. The molecule has 4 nitrogen and oxygen atoms in total. The lowest BCUT2D eigenvalue weighted by molar-refractivity contribution is 0.0710. The molecule has 1 amide bonds. The average molecular weight is 329 g/mol. The van der Waals surface area contributed by atoms with Crippen LogP contribution in [0.3, 0.4) is 0 Å². The number of rotatable bonds is 6. The van der Waals surface area contributed by atoms with Crippen LogP contribution in [0, 0.1) is 6.92 Å². The van der Waals surface area contributed by atoms with Crippen LogP contribution in [-0.4, -0.2) is 10.8 Å². The number of aryl methyl sites for hydroxylation is 2. The maximum Gasteiger partial charge on any atom is 0.264 e. The van der Waals surface area contributed by atoms with E-state index in [1.165, 1.54) is 10.4 Å². The predicted molar refractivity (Wildman–Crippen MR) is 89.4 cm³/mol. The average Bonchev–Trinajstić information content (AvgIpc) is 3.27. The van der Waals surface area contributed by atoms with Crippen LogP contribution in [0.2, 0.25) is 0 Å². The van der Waals surface area contributed by atoms with Crippen molar-refractivity contribution in [2.45, 2.75) is 33.4 Å². The van der Waals surface area contributed by atoms with Crippen LogP contribution >= 0.6 is 11.3 Å². The molecule has 3 aromatic heterocycles. The van der Waals surface area contributed by atoms with Gasteiger partial charge < -0.3 is 13.7 Å². The van der Waals surface area contributed by atoms with E-state index in [0.717, 1.165) is 22.8 Å². The van der Waals surface area contributed by atoms with E-state index in [-0.39, 0.29) is 5.91 Å². The predicted octanol–water partition coefficient (Wildman–Crippen LogP) is 4.65. The molecule has 0 N–H and O–H groups in total. The summed E-state index contributed by atoms with van der Waals surface area (Å²) >= 11 is 1.55. The Morgan fingerprint density at radius 2 is 1.74 bits per heavy atom. The molecule has 120 valence electrons. The number of amides is 1. The largest absolute Gasteiger partial charge is 0.467 e. The molecule has 0 radical (unpaired) electrons. The second-order valence-corrected chi connectivity index (χ2v) is 6.62. The van der Waals surface area contributed by atoms with Gasteiger partial charge in [0.2, 0.25) is 0 Å². The van der Waals surface area contributed by atoms with Gasteiger partial charge in [-0.15, -0.1) is 11.3 Å². The molecule has 3 heterocycles. The van der Waals surface area contributed by atoms with Crippen molar-refractivity contribution in [1.29, 1.82) is 0 Å². The Balaban J connectivity index is 1.84. The lowest BCUT2D eigenvalue weighted by Gasteiger charge is -2.19. The van der Waals surface area contributed by atoms with E-state index in [1.807, 2.05) is 30.3 Å². The Bertz CT molecular complexity index is 720. The van der Waals surface area contributed by atoms with Gasteiger partial charge in [0.1, 0.15) is 11.5 Å². The number of carbonyl (C=O) groups is 1. The molecule has 0 fully saturated rings. The minimum atomic E-state index is 0.00519. The van der Waals surface area contributed by atoms with Gasteiger partial charge in [-0.3, -0.25) is 4.79 Å². The quantitative estimate of drug-likeness (QED) is 0.661. The van der Waals surface area contributed by atoms with E-state index >= 15 is 0 Å². The van der Waals surface area contributed by atoms with Gasteiger partial charge in [-0.1, -0.05) is 6.92 Å². The summed E-state index contributed by atoms with van der Waals surface area (Å²) in [6.45, 7) is 5.01. The SMILES string of the molecule is CCc1cc(C(=O)N(Cc2ccco2)Cc2ccco2)sc1C. The van der Waals surface area contributed by atoms with E-state index in [2.05, 4.69) is 13.8 Å². The normalized spacial score (nSPS) is 10.9. The zero-order valence-corrected chi connectivity index (χ0v) is 14.1. The van der Waals surface area contributed by atoms with Gasteiger partial charge in [0.05, 0.1) is 30.5 Å². The van der Waals surface area contributed by atoms with Gasteiger partial charge in [-0.2, -0.15) is 0 Å². The molecule has 23 heavy (non-hydrogen) atoms. The third-order valence-corrected chi connectivity index (χ3v) is 4.83. The minimum Gasteiger partial charge on any atom is -0.467 e. The number of hydrogen-bond donors (Lipinski definition) is 0. The molecule has 0 bridgehead atoms. The highest BCUT2D eigenvalue weighted by Gasteiger charge is 2.21. The maximum atomic E-state index is 12.9. The summed E-state index contributed by atoms with van der Waals surface area (Å²) in [4.78, 5) is 16.6. The molecule has 5 heteroatoms. The Kier molecular flexibility index (Phi) is 4.67. The third-order valence-electron chi connectivity index (χ3n) is 3.75. The van der Waals surface area contributed by atoms with Crippen LogP contribution in [0.25, 0.3) is 0 Å². The number of nitrogens with zero attached hydrogens (tertiary/aromatic N) is 1. The summed E-state index contributed by atoms with van der Waals surface area (Å²) in [6, 6.07) is 9.41. The smallest absolute Gasteiger partial charge is 0.264 e. The summed E-state index contributed by atoms with van der Waals surface area (Å²) in [5.74, 6) is 1.52. The molecule has 0 aliphatic carbocycles. The second-order valence-electron chi connectivity index (χ2n) is 5.37. The molecule has 0 saturated heterocycles. The van der Waals surface area contributed by atoms with Crippen LogP contribution < -0.4 is 0 Å². The van der Waals surface area contributed by atoms with E-state index in [1.54, 1.807) is 28.8 Å². The summed E-state index contributed by atoms with van der Waals surface area (Å²) < 4.78 is 10.8. The van der Waals surface area contributed by atoms with E-state index in [0.29, 0.717) is 13.1 Å². The van der Waals surface area contributed by atoms with Gasteiger partial charge in [-0.05, 0) is 49.2 Å². The number of furan rings is 2. The molecule has 0 saturated carbocycles. The van der Waals surface area contributed by atoms with Crippen molar-refractivity contribution in [3.63, 3.8) is 0 Å². The molecule has 0 spiro atoms. The van der Waals surface area contributed by atoms with Crippen LogP contribution in [0.1, 0.15) is 38.6 Å². The first-order chi connectivity index (χ1) is 11.2. The van der Waals surface area contributed by atoms with Crippen molar-refractivity contribution in [2.75, 3.05) is 0 Å². The fraction of sp³-hybridized carbons (Fsp3) is 0.278. The molecule has 0 aliphatic heterocycles. The Labute approximate surface area is 139 Å². The number of carbonyl (C=O) groups excluding carboxylic acids is 1. The van der Waals surface area contributed by atoms with E-state index in [4.69, 9.17) is 8.83 Å². The van der Waals surface area contributed by atoms with Crippen molar-refractivity contribution in [1.82, 2.24) is 4.90 Å². The summed E-state index contributed by atoms with van der Waals surface area (Å²) in [7, 11) is 0. The standard InChI is InChI=1S/C18H19NO3S/c1-3-14-10-17(23-13(14)2)18(20)19(11-15-6-4-8-21-15)12-16-7-5-9-22-16/h4-10H,3,11-12H2,1-2H3. The van der Waals surface area contributed by atoms with Crippen molar-refractivity contribution < 1.29 is 13.6 Å². The van der Waals surface area contributed by atoms with E-state index < -0.39 is 0 Å². The summed E-state index contributed by atoms with van der Waals surface area (Å²) in [5, 5.41) is 0. The van der Waals surface area contributed by atoms with Crippen molar-refractivity contribution >= 4 is 17.2 Å². The van der Waals surface area contributed by atoms with Crippen LogP contribution in [0.4, 0.5) is 0 Å². The molecular formula is C18H19NO3S. The number of thiophene rings is 1. The van der Waals surface area contributed by atoms with Gasteiger partial charge in [-0.25, -0.2) is 0 Å². The monoisotopic (exact) mass is 329 g/mol. The fourth-order valence-electron chi connectivity index (χ4n) is 2.51. The van der Waals surface area contributed by atoms with Gasteiger partial charge in [0.15, 0.2) is 0 Å². The first kappa shape index (κ1) is 15.6. The van der Waals surface area contributed by atoms with Gasteiger partial charge in [0.25, 0.3) is 5.91 Å². The highest BCUT2D eigenvalue weighted by atomic mass is 32.1. The summed E-state index contributed by atoms with van der Waals surface area (Å²) in [5.41, 5.74) is 1.23. The zero-order valence-electron chi connectivity index (χ0n) is 13.2. The van der Waals surface area contributed by atoms with Crippen LogP contribution in [0.15, 0.2) is 51.7 Å². The summed E-state index contributed by atoms with van der Waals surface area (Å²) in [6.07, 6.45) is 4.18. The molecule has 3 rings (SSSR count). The fourth-order valence-corrected chi connectivity index (χ4v) is 3.59. The highest BCUT2D eigenvalue weighted by molar-refractivity contribution is 7.14. The highest BCUT2D eigenvalue weighted by Crippen LogP contribution is 2.25. The van der Waals surface area contributed by atoms with E-state index in [9.17, 15) is 4.79 Å². The van der Waals surface area contributed by atoms with Gasteiger partial charge >= 0.3 is 0 Å². The molecule has 0 unspecified atom stereocenters. The topological polar surface area (TPSA) is 46.6 Å². The van der Waals surface area contributed by atoms with Gasteiger partial charge in [0, 0.05) is 4.88 Å². The Hall–Kier alpha value is -2.27. The third kappa shape index (κ3) is 3.56. The van der Waals surface area contributed by atoms with Crippen LogP contribution in [-0.2, 0) is 19.5 Å². The maximum absolute atomic E-state index is 12.9. The zero-order chi connectivity index (χ0) is 16.2. The Morgan fingerprint density at radius 3 is 2.17 bits per heavy atom. The lowest BCUT2D eigenvalue weighted by atomic mass is 10.2. The van der Waals surface area contributed by atoms with Crippen LogP contribution in [0.5, 0.6) is 0 Å². The first-order valence-electron chi connectivity index (χ1n) is 7.60. The molecule has 0 aromatic carbocycles. The Morgan fingerprint density at radius 1 is 1.13 bits per heavy atom. The van der Waals surface area contributed by atoms with Crippen molar-refractivity contribution in [3.05, 3.63) is 69.7 Å². The minimum absolute atomic E-state index is 0.00519. The molecule has 0 aliphatic rings. The second kappa shape index (κ2) is 6.87. The molecule has 3 aromatic rings. The molecule has 0 atom stereocenters. The van der Waals surface area contributed by atoms with Crippen molar-refractivity contribution in [3.8, 4) is 0 Å². The molecular weight excluding hydrogens is 310 g/mol. The van der Waals surface area contributed by atoms with Crippen molar-refractivity contribution in [2.24, 2.45) is 0 Å². The lowest BCUT2D eigenvalue weighted by Crippen LogP contribution is -2.29.